The zero-order chi connectivity index (χ0) is 24.5. The van der Waals surface area contributed by atoms with Crippen molar-refractivity contribution in [3.63, 3.8) is 0 Å². The molecule has 0 radical (unpaired) electrons. The predicted octanol–water partition coefficient (Wildman–Crippen LogP) is 5.25. The lowest BCUT2D eigenvalue weighted by Crippen LogP contribution is -2.44. The van der Waals surface area contributed by atoms with Crippen LogP contribution in [0.2, 0.25) is 0 Å². The molecule has 9 heteroatoms. The summed E-state index contributed by atoms with van der Waals surface area (Å²) in [6.07, 6.45) is 8.95. The first-order chi connectivity index (χ1) is 16.2. The SMILES string of the molecule is C=CSC(=NC)c1cn(C2CCC(C3CCCN(C(=O)OC(C)(C)C)C3)C2)c2ncnc(N)c12. The smallest absolute Gasteiger partial charge is 0.410 e. The van der Waals surface area contributed by atoms with Crippen molar-refractivity contribution in [3.05, 3.63) is 30.1 Å². The van der Waals surface area contributed by atoms with Gasteiger partial charge in [-0.2, -0.15) is 0 Å². The Hall–Kier alpha value is -2.55. The standard InChI is InChI=1S/C25H36N6O2S/c1-6-34-23(27-5)19-14-31(22-20(19)21(26)28-15-29-22)18-10-9-16(12-18)17-8-7-11-30(13-17)24(32)33-25(2,3)4/h6,14-18H,1,7-13H2,2-5H3,(H2,26,28,29). The van der Waals surface area contributed by atoms with E-state index in [1.807, 2.05) is 25.7 Å². The van der Waals surface area contributed by atoms with E-state index in [1.165, 1.54) is 18.1 Å². The number of fused-ring (bicyclic) bond motifs is 1. The number of ether oxygens (including phenoxy) is 1. The van der Waals surface area contributed by atoms with Crippen molar-refractivity contribution in [3.8, 4) is 0 Å². The van der Waals surface area contributed by atoms with Crippen molar-refractivity contribution >= 4 is 39.8 Å². The van der Waals surface area contributed by atoms with Crippen molar-refractivity contribution in [1.82, 2.24) is 19.4 Å². The summed E-state index contributed by atoms with van der Waals surface area (Å²) in [6, 6.07) is 0.333. The summed E-state index contributed by atoms with van der Waals surface area (Å²) >= 11 is 1.48. The van der Waals surface area contributed by atoms with Gasteiger partial charge in [-0.3, -0.25) is 4.99 Å². The van der Waals surface area contributed by atoms with Gasteiger partial charge in [0.15, 0.2) is 0 Å². The van der Waals surface area contributed by atoms with Gasteiger partial charge in [0.1, 0.15) is 28.4 Å². The van der Waals surface area contributed by atoms with Crippen LogP contribution in [0, 0.1) is 11.8 Å². The molecule has 1 aliphatic carbocycles. The first-order valence-electron chi connectivity index (χ1n) is 12.1. The van der Waals surface area contributed by atoms with E-state index >= 15 is 0 Å². The molecule has 2 fully saturated rings. The third-order valence-electron chi connectivity index (χ3n) is 6.88. The maximum Gasteiger partial charge on any atom is 0.410 e. The number of likely N-dealkylation sites (tertiary alicyclic amines) is 1. The van der Waals surface area contributed by atoms with Crippen LogP contribution in [-0.4, -0.2) is 56.3 Å². The van der Waals surface area contributed by atoms with Crippen LogP contribution in [0.5, 0.6) is 0 Å². The Morgan fingerprint density at radius 1 is 1.29 bits per heavy atom. The number of aliphatic imine (C=N–C) groups is 1. The van der Waals surface area contributed by atoms with Crippen molar-refractivity contribution < 1.29 is 9.53 Å². The Balaban J connectivity index is 1.53. The molecule has 3 heterocycles. The number of nitrogens with zero attached hydrogens (tertiary/aromatic N) is 5. The molecule has 3 atom stereocenters. The average molecular weight is 485 g/mol. The highest BCUT2D eigenvalue weighted by atomic mass is 32.2. The molecule has 0 spiro atoms. The normalized spacial score (nSPS) is 23.9. The largest absolute Gasteiger partial charge is 0.444 e. The van der Waals surface area contributed by atoms with Crippen molar-refractivity contribution in [2.75, 3.05) is 25.9 Å². The molecule has 2 aromatic heterocycles. The molecule has 1 aliphatic heterocycles. The number of carbonyl (C=O) groups excluding carboxylic acids is 1. The molecular weight excluding hydrogens is 448 g/mol. The first-order valence-corrected chi connectivity index (χ1v) is 12.9. The van der Waals surface area contributed by atoms with Crippen LogP contribution in [0.25, 0.3) is 11.0 Å². The van der Waals surface area contributed by atoms with Crippen LogP contribution in [-0.2, 0) is 4.74 Å². The van der Waals surface area contributed by atoms with E-state index in [1.54, 1.807) is 12.5 Å². The summed E-state index contributed by atoms with van der Waals surface area (Å²) in [7, 11) is 1.78. The van der Waals surface area contributed by atoms with Gasteiger partial charge in [-0.15, -0.1) is 0 Å². The van der Waals surface area contributed by atoms with Gasteiger partial charge >= 0.3 is 6.09 Å². The number of nitrogens with two attached hydrogens (primary N) is 1. The number of hydrogen-bond donors (Lipinski definition) is 1. The van der Waals surface area contributed by atoms with Crippen LogP contribution in [0.3, 0.4) is 0 Å². The zero-order valence-electron chi connectivity index (χ0n) is 20.7. The topological polar surface area (TPSA) is 98.6 Å². The number of anilines is 1. The van der Waals surface area contributed by atoms with E-state index in [-0.39, 0.29) is 6.09 Å². The molecule has 1 saturated heterocycles. The van der Waals surface area contributed by atoms with Gasteiger partial charge in [0.05, 0.1) is 5.39 Å². The second kappa shape index (κ2) is 9.98. The minimum Gasteiger partial charge on any atom is -0.444 e. The molecule has 2 aromatic rings. The molecule has 0 bridgehead atoms. The summed E-state index contributed by atoms with van der Waals surface area (Å²) in [5, 5.41) is 3.49. The van der Waals surface area contributed by atoms with Crippen LogP contribution in [0.1, 0.15) is 64.5 Å². The second-order valence-electron chi connectivity index (χ2n) is 10.3. The first kappa shape index (κ1) is 24.6. The molecule has 1 saturated carbocycles. The van der Waals surface area contributed by atoms with Gasteiger partial charge < -0.3 is 19.9 Å². The Labute approximate surface area is 206 Å². The van der Waals surface area contributed by atoms with E-state index in [4.69, 9.17) is 10.5 Å². The summed E-state index contributed by atoms with van der Waals surface area (Å²) in [6.45, 7) is 11.2. The van der Waals surface area contributed by atoms with Crippen molar-refractivity contribution in [2.45, 2.75) is 64.5 Å². The highest BCUT2D eigenvalue weighted by Crippen LogP contribution is 2.43. The van der Waals surface area contributed by atoms with Crippen LogP contribution < -0.4 is 5.73 Å². The van der Waals surface area contributed by atoms with E-state index in [0.29, 0.717) is 23.7 Å². The summed E-state index contributed by atoms with van der Waals surface area (Å²) in [4.78, 5) is 27.8. The third kappa shape index (κ3) is 5.09. The summed E-state index contributed by atoms with van der Waals surface area (Å²) < 4.78 is 7.90. The average Bonchev–Trinajstić information content (AvgIpc) is 3.42. The second-order valence-corrected chi connectivity index (χ2v) is 11.2. The number of carbonyl (C=O) groups is 1. The number of hydrogen-bond acceptors (Lipinski definition) is 7. The fraction of sp³-hybridized carbons (Fsp3) is 0.600. The third-order valence-corrected chi connectivity index (χ3v) is 7.67. The van der Waals surface area contributed by atoms with Gasteiger partial charge in [-0.1, -0.05) is 18.3 Å². The van der Waals surface area contributed by atoms with E-state index in [0.717, 1.165) is 66.8 Å². The molecule has 1 amide bonds. The Kier molecular flexibility index (Phi) is 7.21. The van der Waals surface area contributed by atoms with Gasteiger partial charge in [-0.05, 0) is 70.1 Å². The van der Waals surface area contributed by atoms with Crippen molar-refractivity contribution in [2.24, 2.45) is 16.8 Å². The fourth-order valence-electron chi connectivity index (χ4n) is 5.42. The lowest BCUT2D eigenvalue weighted by atomic mass is 9.84. The lowest BCUT2D eigenvalue weighted by Gasteiger charge is -2.36. The number of amides is 1. The van der Waals surface area contributed by atoms with Crippen LogP contribution in [0.15, 0.2) is 29.5 Å². The number of aromatic nitrogens is 3. The van der Waals surface area contributed by atoms with Gasteiger partial charge in [0.2, 0.25) is 0 Å². The van der Waals surface area contributed by atoms with Crippen molar-refractivity contribution in [1.29, 1.82) is 0 Å². The van der Waals surface area contributed by atoms with Gasteiger partial charge in [0.25, 0.3) is 0 Å². The Morgan fingerprint density at radius 2 is 2.09 bits per heavy atom. The molecule has 184 valence electrons. The molecule has 2 N–H and O–H groups in total. The fourth-order valence-corrected chi connectivity index (χ4v) is 5.97. The maximum atomic E-state index is 12.6. The van der Waals surface area contributed by atoms with Gasteiger partial charge in [-0.25, -0.2) is 14.8 Å². The molecule has 8 nitrogen and oxygen atoms in total. The highest BCUT2D eigenvalue weighted by molar-refractivity contribution is 8.16. The van der Waals surface area contributed by atoms with Crippen LogP contribution in [0.4, 0.5) is 10.6 Å². The van der Waals surface area contributed by atoms with Gasteiger partial charge in [0, 0.05) is 37.9 Å². The predicted molar refractivity (Wildman–Crippen MR) is 139 cm³/mol. The molecule has 4 rings (SSSR count). The number of nitrogen functional groups attached to an aromatic ring is 1. The van der Waals surface area contributed by atoms with E-state index in [2.05, 4.69) is 32.3 Å². The number of piperidine rings is 1. The highest BCUT2D eigenvalue weighted by Gasteiger charge is 2.37. The number of rotatable bonds is 4. The molecule has 34 heavy (non-hydrogen) atoms. The summed E-state index contributed by atoms with van der Waals surface area (Å²) in [5.74, 6) is 1.54. The summed E-state index contributed by atoms with van der Waals surface area (Å²) in [5.41, 5.74) is 7.63. The van der Waals surface area contributed by atoms with E-state index in [9.17, 15) is 4.79 Å². The monoisotopic (exact) mass is 484 g/mol. The van der Waals surface area contributed by atoms with E-state index < -0.39 is 5.60 Å². The minimum absolute atomic E-state index is 0.189. The quantitative estimate of drug-likeness (QED) is 0.470. The Bertz CT molecular complexity index is 1090. The zero-order valence-corrected chi connectivity index (χ0v) is 21.5. The molecule has 0 aromatic carbocycles. The molecule has 3 unspecified atom stereocenters. The minimum atomic E-state index is -0.468. The lowest BCUT2D eigenvalue weighted by molar-refractivity contribution is 0.0130. The Morgan fingerprint density at radius 3 is 2.79 bits per heavy atom. The maximum absolute atomic E-state index is 12.6. The number of thioether (sulfide) groups is 1. The molecule has 2 aliphatic rings. The molecular formula is C25H36N6O2S. The van der Waals surface area contributed by atoms with Crippen LogP contribution >= 0.6 is 11.8 Å².